The van der Waals surface area contributed by atoms with Gasteiger partial charge in [-0.05, 0) is 45.3 Å². The summed E-state index contributed by atoms with van der Waals surface area (Å²) in [6.07, 6.45) is 32.7. The molecule has 0 aromatic rings. The standard InChI is InChI=1S/C30H64NO3P/c1-3-5-7-9-19-23-27-31(28-24-20-10-8-6-4-2)29-25-21-17-15-13-11-12-14-16-18-22-26-30-34-35(32)33/h32-33H,3-30H2,1-2H3. The van der Waals surface area contributed by atoms with E-state index < -0.39 is 8.60 Å². The van der Waals surface area contributed by atoms with E-state index in [2.05, 4.69) is 18.7 Å². The second kappa shape index (κ2) is 30.5. The predicted molar refractivity (Wildman–Crippen MR) is 156 cm³/mol. The molecule has 0 aromatic carbocycles. The molecular formula is C30H64NO3P. The fourth-order valence-electron chi connectivity index (χ4n) is 4.92. The molecule has 0 radical (unpaired) electrons. The summed E-state index contributed by atoms with van der Waals surface area (Å²) in [5.74, 6) is 0. The molecule has 0 aliphatic rings. The quantitative estimate of drug-likeness (QED) is 0.0735. The minimum Gasteiger partial charge on any atom is -0.328 e. The number of rotatable bonds is 30. The lowest BCUT2D eigenvalue weighted by molar-refractivity contribution is 0.248. The number of hydrogen-bond acceptors (Lipinski definition) is 4. The van der Waals surface area contributed by atoms with E-state index in [1.807, 2.05) is 0 Å². The molecule has 0 heterocycles. The van der Waals surface area contributed by atoms with E-state index in [9.17, 15) is 0 Å². The van der Waals surface area contributed by atoms with Crippen LogP contribution in [0.2, 0.25) is 0 Å². The van der Waals surface area contributed by atoms with Gasteiger partial charge in [0.2, 0.25) is 0 Å². The summed E-state index contributed by atoms with van der Waals surface area (Å²) in [5.41, 5.74) is 0. The molecule has 0 aliphatic heterocycles. The Labute approximate surface area is 222 Å². The minimum absolute atomic E-state index is 0.481. The van der Waals surface area contributed by atoms with Crippen LogP contribution in [-0.4, -0.2) is 40.9 Å². The molecule has 0 rings (SSSR count). The maximum atomic E-state index is 8.69. The van der Waals surface area contributed by atoms with E-state index in [0.29, 0.717) is 6.61 Å². The Kier molecular flexibility index (Phi) is 30.7. The van der Waals surface area contributed by atoms with Gasteiger partial charge in [0.15, 0.2) is 0 Å². The highest BCUT2D eigenvalue weighted by Crippen LogP contribution is 2.24. The van der Waals surface area contributed by atoms with Crippen molar-refractivity contribution in [2.45, 2.75) is 168 Å². The van der Waals surface area contributed by atoms with Crippen molar-refractivity contribution in [3.8, 4) is 0 Å². The van der Waals surface area contributed by atoms with Gasteiger partial charge >= 0.3 is 8.60 Å². The van der Waals surface area contributed by atoms with Gasteiger partial charge in [-0.15, -0.1) is 0 Å². The van der Waals surface area contributed by atoms with Gasteiger partial charge < -0.3 is 19.2 Å². The van der Waals surface area contributed by atoms with Crippen LogP contribution in [0.1, 0.15) is 168 Å². The summed E-state index contributed by atoms with van der Waals surface area (Å²) in [7, 11) is -2.16. The van der Waals surface area contributed by atoms with Crippen LogP contribution >= 0.6 is 8.60 Å². The number of hydrogen-bond donors (Lipinski definition) is 2. The lowest BCUT2D eigenvalue weighted by Crippen LogP contribution is -2.27. The maximum absolute atomic E-state index is 8.69. The average molecular weight is 518 g/mol. The molecule has 0 aromatic heterocycles. The zero-order valence-corrected chi connectivity index (χ0v) is 24.9. The highest BCUT2D eigenvalue weighted by Gasteiger charge is 2.05. The summed E-state index contributed by atoms with van der Waals surface area (Å²) in [6.45, 7) is 9.08. The largest absolute Gasteiger partial charge is 0.328 e. The third-order valence-corrected chi connectivity index (χ3v) is 7.64. The van der Waals surface area contributed by atoms with Gasteiger partial charge in [0, 0.05) is 0 Å². The maximum Gasteiger partial charge on any atom is 0.327 e. The molecule has 0 aliphatic carbocycles. The van der Waals surface area contributed by atoms with Crippen LogP contribution in [0.15, 0.2) is 0 Å². The molecule has 0 bridgehead atoms. The first-order valence-corrected chi connectivity index (χ1v) is 16.9. The van der Waals surface area contributed by atoms with Gasteiger partial charge in [-0.2, -0.15) is 0 Å². The molecule has 212 valence electrons. The van der Waals surface area contributed by atoms with Crippen LogP contribution < -0.4 is 0 Å². The van der Waals surface area contributed by atoms with Gasteiger partial charge in [-0.3, -0.25) is 0 Å². The first-order chi connectivity index (χ1) is 17.2. The fourth-order valence-corrected chi connectivity index (χ4v) is 5.21. The first-order valence-electron chi connectivity index (χ1n) is 15.7. The van der Waals surface area contributed by atoms with Gasteiger partial charge in [-0.25, -0.2) is 0 Å². The van der Waals surface area contributed by atoms with Gasteiger partial charge in [0.25, 0.3) is 0 Å². The summed E-state index contributed by atoms with van der Waals surface area (Å²) >= 11 is 0. The molecule has 5 heteroatoms. The third kappa shape index (κ3) is 30.4. The predicted octanol–water partition coefficient (Wildman–Crippen LogP) is 9.92. The van der Waals surface area contributed by atoms with Crippen molar-refractivity contribution in [2.24, 2.45) is 0 Å². The SMILES string of the molecule is CCCCCCCCN(CCCCCCCC)CCCCCCCCCCCCCCOP(O)O. The van der Waals surface area contributed by atoms with Crippen molar-refractivity contribution in [1.82, 2.24) is 4.90 Å². The van der Waals surface area contributed by atoms with E-state index in [1.54, 1.807) is 0 Å². The summed E-state index contributed by atoms with van der Waals surface area (Å²) in [6, 6.07) is 0. The lowest BCUT2D eigenvalue weighted by Gasteiger charge is -2.22. The Morgan fingerprint density at radius 3 is 1.03 bits per heavy atom. The first kappa shape index (κ1) is 35.3. The molecule has 0 atom stereocenters. The molecule has 35 heavy (non-hydrogen) atoms. The molecule has 4 nitrogen and oxygen atoms in total. The molecule has 2 N–H and O–H groups in total. The highest BCUT2D eigenvalue weighted by molar-refractivity contribution is 7.39. The van der Waals surface area contributed by atoms with Gasteiger partial charge in [-0.1, -0.05) is 142 Å². The van der Waals surface area contributed by atoms with Crippen molar-refractivity contribution < 1.29 is 14.3 Å². The normalized spacial score (nSPS) is 11.8. The zero-order valence-electron chi connectivity index (χ0n) is 24.0. The number of nitrogens with zero attached hydrogens (tertiary/aromatic N) is 1. The topological polar surface area (TPSA) is 52.9 Å². The second-order valence-electron chi connectivity index (χ2n) is 10.7. The Balaban J connectivity index is 3.64. The van der Waals surface area contributed by atoms with E-state index in [0.717, 1.165) is 12.8 Å². The molecule has 0 saturated heterocycles. The smallest absolute Gasteiger partial charge is 0.327 e. The Morgan fingerprint density at radius 1 is 0.429 bits per heavy atom. The van der Waals surface area contributed by atoms with Gasteiger partial charge in [0.05, 0.1) is 6.61 Å². The number of unbranched alkanes of at least 4 members (excludes halogenated alkanes) is 21. The molecule has 0 fully saturated rings. The van der Waals surface area contributed by atoms with E-state index >= 15 is 0 Å². The Morgan fingerprint density at radius 2 is 0.714 bits per heavy atom. The van der Waals surface area contributed by atoms with E-state index in [1.165, 1.54) is 161 Å². The van der Waals surface area contributed by atoms with Crippen LogP contribution in [0.4, 0.5) is 0 Å². The molecule has 0 amide bonds. The summed E-state index contributed by atoms with van der Waals surface area (Å²) in [4.78, 5) is 20.2. The summed E-state index contributed by atoms with van der Waals surface area (Å²) in [5, 5.41) is 0. The Bertz CT molecular complexity index is 369. The van der Waals surface area contributed by atoms with Gasteiger partial charge in [0.1, 0.15) is 0 Å². The van der Waals surface area contributed by atoms with Crippen molar-refractivity contribution in [3.05, 3.63) is 0 Å². The van der Waals surface area contributed by atoms with E-state index in [4.69, 9.17) is 14.3 Å². The van der Waals surface area contributed by atoms with Crippen molar-refractivity contribution in [3.63, 3.8) is 0 Å². The summed E-state index contributed by atoms with van der Waals surface area (Å²) < 4.78 is 4.80. The van der Waals surface area contributed by atoms with E-state index in [-0.39, 0.29) is 0 Å². The molecular weight excluding hydrogens is 453 g/mol. The zero-order chi connectivity index (χ0) is 25.7. The van der Waals surface area contributed by atoms with Crippen LogP contribution in [0.5, 0.6) is 0 Å². The highest BCUT2D eigenvalue weighted by atomic mass is 31.2. The lowest BCUT2D eigenvalue weighted by atomic mass is 10.0. The van der Waals surface area contributed by atoms with Crippen LogP contribution in [-0.2, 0) is 4.52 Å². The van der Waals surface area contributed by atoms with Crippen LogP contribution in [0.25, 0.3) is 0 Å². The van der Waals surface area contributed by atoms with Crippen molar-refractivity contribution in [1.29, 1.82) is 0 Å². The molecule has 0 saturated carbocycles. The Hall–Kier alpha value is 0.270. The van der Waals surface area contributed by atoms with Crippen LogP contribution in [0.3, 0.4) is 0 Å². The monoisotopic (exact) mass is 517 g/mol. The van der Waals surface area contributed by atoms with Crippen LogP contribution in [0, 0.1) is 0 Å². The molecule has 0 spiro atoms. The second-order valence-corrected chi connectivity index (χ2v) is 11.5. The molecule has 0 unspecified atom stereocenters. The van der Waals surface area contributed by atoms with Crippen molar-refractivity contribution in [2.75, 3.05) is 26.2 Å². The third-order valence-electron chi connectivity index (χ3n) is 7.23. The minimum atomic E-state index is -2.16. The average Bonchev–Trinajstić information content (AvgIpc) is 2.85. The fraction of sp³-hybridized carbons (Fsp3) is 1.00. The van der Waals surface area contributed by atoms with Crippen molar-refractivity contribution >= 4 is 8.60 Å².